The van der Waals surface area contributed by atoms with E-state index in [9.17, 15) is 13.6 Å². The monoisotopic (exact) mass is 568 g/mol. The van der Waals surface area contributed by atoms with Gasteiger partial charge in [-0.2, -0.15) is 8.78 Å². The highest BCUT2D eigenvalue weighted by Gasteiger charge is 2.37. The second kappa shape index (κ2) is 12.8. The van der Waals surface area contributed by atoms with Crippen LogP contribution < -0.4 is 14.2 Å². The van der Waals surface area contributed by atoms with Crippen molar-refractivity contribution in [1.82, 2.24) is 9.80 Å². The van der Waals surface area contributed by atoms with Gasteiger partial charge in [-0.25, -0.2) is 0 Å². The maximum Gasteiger partial charge on any atom is 0.387 e. The molecule has 5 rings (SSSR count). The fourth-order valence-corrected chi connectivity index (χ4v) is 6.47. The lowest BCUT2D eigenvalue weighted by Gasteiger charge is -2.34. The molecule has 0 aromatic heterocycles. The highest BCUT2D eigenvalue weighted by molar-refractivity contribution is 5.96. The number of hydrogen-bond donors (Lipinski definition) is 0. The van der Waals surface area contributed by atoms with Gasteiger partial charge in [0, 0.05) is 45.1 Å². The molecule has 1 atom stereocenters. The van der Waals surface area contributed by atoms with Gasteiger partial charge in [-0.1, -0.05) is 61.2 Å². The Balaban J connectivity index is 1.41. The van der Waals surface area contributed by atoms with Crippen LogP contribution in [-0.4, -0.2) is 60.3 Å². The predicted octanol–water partition coefficient (Wildman–Crippen LogP) is 7.39. The van der Waals surface area contributed by atoms with E-state index in [2.05, 4.69) is 11.0 Å². The molecule has 3 aliphatic rings. The van der Waals surface area contributed by atoms with Gasteiger partial charge in [0.1, 0.15) is 0 Å². The number of benzene rings is 2. The molecule has 41 heavy (non-hydrogen) atoms. The molecular formula is C33H42F2N2O4. The lowest BCUT2D eigenvalue weighted by atomic mass is 9.89. The van der Waals surface area contributed by atoms with Gasteiger partial charge in [0.2, 0.25) is 11.5 Å². The van der Waals surface area contributed by atoms with E-state index in [0.29, 0.717) is 13.1 Å². The summed E-state index contributed by atoms with van der Waals surface area (Å²) in [6, 6.07) is 13.2. The summed E-state index contributed by atoms with van der Waals surface area (Å²) in [6.07, 6.45) is 10.7. The van der Waals surface area contributed by atoms with Crippen LogP contribution in [-0.2, 0) is 0 Å². The average molecular weight is 569 g/mol. The van der Waals surface area contributed by atoms with Gasteiger partial charge in [-0.15, -0.1) is 0 Å². The topological polar surface area (TPSA) is 51.2 Å². The minimum atomic E-state index is -3.06. The molecule has 0 N–H and O–H groups in total. The zero-order valence-electron chi connectivity index (χ0n) is 24.4. The van der Waals surface area contributed by atoms with Gasteiger partial charge in [0.05, 0.1) is 0 Å². The first-order valence-corrected chi connectivity index (χ1v) is 14.9. The molecule has 2 heterocycles. The Morgan fingerprint density at radius 1 is 1.10 bits per heavy atom. The van der Waals surface area contributed by atoms with Crippen molar-refractivity contribution in [3.8, 4) is 17.2 Å². The number of rotatable bonds is 10. The molecule has 0 radical (unpaired) electrons. The molecule has 2 fully saturated rings. The number of carbonyl (C=O) groups excluding carboxylic acids is 1. The Morgan fingerprint density at radius 2 is 1.85 bits per heavy atom. The normalized spacial score (nSPS) is 20.9. The number of halogens is 2. The van der Waals surface area contributed by atoms with Gasteiger partial charge < -0.3 is 19.1 Å². The van der Waals surface area contributed by atoms with Gasteiger partial charge >= 0.3 is 6.61 Å². The van der Waals surface area contributed by atoms with Crippen molar-refractivity contribution in [3.05, 3.63) is 59.2 Å². The maximum atomic E-state index is 14.2. The van der Waals surface area contributed by atoms with Crippen LogP contribution in [0.4, 0.5) is 8.78 Å². The number of alkyl halides is 2. The molecule has 2 aliphatic heterocycles. The largest absolute Gasteiger partial charge is 0.449 e. The van der Waals surface area contributed by atoms with E-state index in [1.54, 1.807) is 19.9 Å². The summed E-state index contributed by atoms with van der Waals surface area (Å²) in [7, 11) is 0. The Hall–Kier alpha value is -3.13. The summed E-state index contributed by atoms with van der Waals surface area (Å²) >= 11 is 0. The standard InChI is InChI=1S/C33H42F2N2O4/c1-23(17-24-11-6-4-7-12-24)20-37(22-27-15-10-16-36(27)21-25-13-8-5-9-14-25)31(38)26-18-28(39-32(34)35)30-29(19-26)40-33(2,3)41-30/h4,6-7,11-12,17-19,25,27,32H,5,8-10,13-16,20-22H2,1-3H3/b23-17+. The first-order valence-electron chi connectivity index (χ1n) is 14.9. The highest BCUT2D eigenvalue weighted by atomic mass is 19.3. The molecule has 2 aromatic carbocycles. The number of fused-ring (bicyclic) bond motifs is 1. The van der Waals surface area contributed by atoms with Crippen molar-refractivity contribution < 1.29 is 27.8 Å². The fourth-order valence-electron chi connectivity index (χ4n) is 6.47. The van der Waals surface area contributed by atoms with Crippen LogP contribution in [0, 0.1) is 5.92 Å². The van der Waals surface area contributed by atoms with Crippen LogP contribution in [0.25, 0.3) is 6.08 Å². The molecule has 1 saturated heterocycles. The zero-order valence-corrected chi connectivity index (χ0v) is 24.4. The van der Waals surface area contributed by atoms with E-state index in [1.165, 1.54) is 38.2 Å². The smallest absolute Gasteiger partial charge is 0.387 e. The Bertz CT molecular complexity index is 1230. The van der Waals surface area contributed by atoms with Crippen LogP contribution in [0.5, 0.6) is 17.2 Å². The molecule has 8 heteroatoms. The summed E-state index contributed by atoms with van der Waals surface area (Å²) in [4.78, 5) is 18.6. The molecule has 1 aliphatic carbocycles. The van der Waals surface area contributed by atoms with Crippen LogP contribution in [0.1, 0.15) is 81.6 Å². The summed E-state index contributed by atoms with van der Waals surface area (Å²) in [5.41, 5.74) is 2.34. The van der Waals surface area contributed by atoms with Gasteiger partial charge in [0.15, 0.2) is 11.5 Å². The van der Waals surface area contributed by atoms with E-state index >= 15 is 0 Å². The number of hydrogen-bond acceptors (Lipinski definition) is 5. The van der Waals surface area contributed by atoms with Crippen LogP contribution >= 0.6 is 0 Å². The van der Waals surface area contributed by atoms with Crippen molar-refractivity contribution in [2.45, 2.75) is 84.2 Å². The summed E-state index contributed by atoms with van der Waals surface area (Å²) < 4.78 is 43.0. The lowest BCUT2D eigenvalue weighted by Crippen LogP contribution is -2.45. The third-order valence-corrected chi connectivity index (χ3v) is 8.28. The Labute approximate surface area is 242 Å². The predicted molar refractivity (Wildman–Crippen MR) is 156 cm³/mol. The van der Waals surface area contributed by atoms with E-state index in [0.717, 1.165) is 43.0 Å². The Kier molecular flexibility index (Phi) is 9.17. The second-order valence-electron chi connectivity index (χ2n) is 12.2. The maximum absolute atomic E-state index is 14.2. The number of nitrogens with zero attached hydrogens (tertiary/aromatic N) is 2. The van der Waals surface area contributed by atoms with E-state index < -0.39 is 12.4 Å². The van der Waals surface area contributed by atoms with Crippen molar-refractivity contribution in [1.29, 1.82) is 0 Å². The van der Waals surface area contributed by atoms with Gasteiger partial charge in [0.25, 0.3) is 5.91 Å². The first-order chi connectivity index (χ1) is 19.7. The molecule has 6 nitrogen and oxygen atoms in total. The summed E-state index contributed by atoms with van der Waals surface area (Å²) in [5, 5.41) is 0. The first kappa shape index (κ1) is 29.4. The second-order valence-corrected chi connectivity index (χ2v) is 12.2. The van der Waals surface area contributed by atoms with Crippen LogP contribution in [0.3, 0.4) is 0 Å². The number of amides is 1. The molecule has 1 saturated carbocycles. The summed E-state index contributed by atoms with van der Waals surface area (Å²) in [5.74, 6) is -0.448. The quantitative estimate of drug-likeness (QED) is 0.299. The average Bonchev–Trinajstić information content (AvgIpc) is 3.50. The van der Waals surface area contributed by atoms with Crippen molar-refractivity contribution in [3.63, 3.8) is 0 Å². The number of ether oxygens (including phenoxy) is 3. The van der Waals surface area contributed by atoms with Gasteiger partial charge in [-0.05, 0) is 62.8 Å². The van der Waals surface area contributed by atoms with Crippen molar-refractivity contribution in [2.24, 2.45) is 5.92 Å². The lowest BCUT2D eigenvalue weighted by molar-refractivity contribution is -0.0617. The molecule has 0 bridgehead atoms. The molecular weight excluding hydrogens is 526 g/mol. The fraction of sp³-hybridized carbons (Fsp3) is 0.545. The number of carbonyl (C=O) groups is 1. The van der Waals surface area contributed by atoms with Crippen LogP contribution in [0.15, 0.2) is 48.0 Å². The molecule has 1 amide bonds. The Morgan fingerprint density at radius 3 is 2.59 bits per heavy atom. The number of likely N-dealkylation sites (tertiary alicyclic amines) is 1. The zero-order chi connectivity index (χ0) is 29.0. The van der Waals surface area contributed by atoms with E-state index in [4.69, 9.17) is 14.2 Å². The van der Waals surface area contributed by atoms with Gasteiger partial charge in [-0.3, -0.25) is 9.69 Å². The van der Waals surface area contributed by atoms with Crippen LogP contribution in [0.2, 0.25) is 0 Å². The molecule has 222 valence electrons. The minimum absolute atomic E-state index is 0.0907. The molecule has 1 unspecified atom stereocenters. The summed E-state index contributed by atoms with van der Waals surface area (Å²) in [6.45, 7) is 5.45. The van der Waals surface area contributed by atoms with E-state index in [-0.39, 0.29) is 34.8 Å². The van der Waals surface area contributed by atoms with E-state index in [1.807, 2.05) is 42.2 Å². The SMILES string of the molecule is C/C(=C\c1ccccc1)CN(CC1CCCN1CC1CCCCC1)C(=O)c1cc(OC(F)F)c2c(c1)OC(C)(C)O2. The molecule has 2 aromatic rings. The molecule has 0 spiro atoms. The highest BCUT2D eigenvalue weighted by Crippen LogP contribution is 2.47. The third kappa shape index (κ3) is 7.59. The minimum Gasteiger partial charge on any atom is -0.449 e. The van der Waals surface area contributed by atoms with Crippen molar-refractivity contribution in [2.75, 3.05) is 26.2 Å². The van der Waals surface area contributed by atoms with Crippen molar-refractivity contribution >= 4 is 12.0 Å². The third-order valence-electron chi connectivity index (χ3n) is 8.28.